The van der Waals surface area contributed by atoms with E-state index in [4.69, 9.17) is 11.6 Å². The van der Waals surface area contributed by atoms with Crippen LogP contribution in [0, 0.1) is 12.7 Å². The fourth-order valence-corrected chi connectivity index (χ4v) is 3.60. The van der Waals surface area contributed by atoms with E-state index >= 15 is 0 Å². The van der Waals surface area contributed by atoms with Crippen LogP contribution >= 0.6 is 34.2 Å². The summed E-state index contributed by atoms with van der Waals surface area (Å²) < 4.78 is 27.9. The zero-order chi connectivity index (χ0) is 19.2. The minimum atomic E-state index is -1.24. The molecule has 0 aliphatic carbocycles. The van der Waals surface area contributed by atoms with Gasteiger partial charge in [-0.15, -0.1) is 0 Å². The molecule has 5 nitrogen and oxygen atoms in total. The van der Waals surface area contributed by atoms with Crippen LogP contribution in [0.25, 0.3) is 0 Å². The molecule has 136 valence electrons. The van der Waals surface area contributed by atoms with Gasteiger partial charge in [0.15, 0.2) is 0 Å². The zero-order valence-corrected chi connectivity index (χ0v) is 16.3. The molecule has 9 heteroatoms. The van der Waals surface area contributed by atoms with E-state index < -0.39 is 27.5 Å². The number of halogens is 4. The van der Waals surface area contributed by atoms with Crippen LogP contribution in [-0.4, -0.2) is 26.2 Å². The fourth-order valence-electron chi connectivity index (χ4n) is 3.15. The van der Waals surface area contributed by atoms with Gasteiger partial charge in [-0.1, -0.05) is 11.6 Å². The number of hydrogen-bond donors (Lipinski definition) is 1. The Morgan fingerprint density at radius 1 is 1.35 bits per heavy atom. The van der Waals surface area contributed by atoms with Gasteiger partial charge >= 0.3 is 0 Å². The molecule has 0 saturated carbocycles. The summed E-state index contributed by atoms with van der Waals surface area (Å²) in [6, 6.07) is 3.69. The highest BCUT2D eigenvalue weighted by atomic mass is 127. The van der Waals surface area contributed by atoms with Gasteiger partial charge in [-0.25, -0.2) is 8.78 Å². The molecule has 1 aromatic heterocycles. The molecule has 0 saturated heterocycles. The molecule has 1 atom stereocenters. The maximum atomic E-state index is 13.9. The topological polar surface area (TPSA) is 68.2 Å². The molecule has 1 unspecified atom stereocenters. The van der Waals surface area contributed by atoms with E-state index in [-0.39, 0.29) is 34.9 Å². The lowest BCUT2D eigenvalue weighted by molar-refractivity contribution is -0.106. The van der Waals surface area contributed by atoms with Crippen molar-refractivity contribution in [3.05, 3.63) is 51.6 Å². The maximum absolute atomic E-state index is 13.9. The van der Waals surface area contributed by atoms with Crippen molar-refractivity contribution >= 4 is 55.4 Å². The summed E-state index contributed by atoms with van der Waals surface area (Å²) >= 11 is 7.07. The van der Waals surface area contributed by atoms with Crippen molar-refractivity contribution in [2.45, 2.75) is 26.1 Å². The van der Waals surface area contributed by atoms with Gasteiger partial charge < -0.3 is 9.88 Å². The third-order valence-electron chi connectivity index (χ3n) is 4.21. The predicted octanol–water partition coefficient (Wildman–Crippen LogP) is 3.88. The minimum absolute atomic E-state index is 0.0402. The van der Waals surface area contributed by atoms with E-state index in [2.05, 4.69) is 5.32 Å². The van der Waals surface area contributed by atoms with Gasteiger partial charge in [-0.3, -0.25) is 14.4 Å². The highest BCUT2D eigenvalue weighted by molar-refractivity contribution is 14.1. The Labute approximate surface area is 165 Å². The Bertz CT molecular complexity index is 958. The first-order valence-electron chi connectivity index (χ1n) is 7.57. The number of nitrogens with zero attached hydrogens (tertiary/aromatic N) is 1. The number of benzene rings is 1. The van der Waals surface area contributed by atoms with E-state index in [1.54, 1.807) is 0 Å². The van der Waals surface area contributed by atoms with Crippen molar-refractivity contribution in [3.63, 3.8) is 0 Å². The van der Waals surface area contributed by atoms with Crippen molar-refractivity contribution in [3.8, 4) is 0 Å². The summed E-state index contributed by atoms with van der Waals surface area (Å²) in [6.07, 6.45) is -1.28. The van der Waals surface area contributed by atoms with Crippen LogP contribution in [-0.2, 0) is 17.8 Å². The third kappa shape index (κ3) is 3.27. The summed E-state index contributed by atoms with van der Waals surface area (Å²) in [4.78, 5) is 36.4. The molecule has 1 amide bonds. The Morgan fingerprint density at radius 2 is 2.04 bits per heavy atom. The van der Waals surface area contributed by atoms with Crippen LogP contribution in [0.15, 0.2) is 18.2 Å². The van der Waals surface area contributed by atoms with E-state index in [1.165, 1.54) is 46.2 Å². The van der Waals surface area contributed by atoms with E-state index in [0.29, 0.717) is 11.3 Å². The number of alkyl halides is 1. The van der Waals surface area contributed by atoms with Crippen LogP contribution in [0.3, 0.4) is 0 Å². The molecule has 2 heterocycles. The first kappa shape index (κ1) is 19.0. The molecule has 3 rings (SSSR count). The molecule has 2 aromatic rings. The number of ketones is 1. The monoisotopic (exact) mass is 492 g/mol. The number of rotatable bonds is 4. The molecule has 0 spiro atoms. The van der Waals surface area contributed by atoms with Gasteiger partial charge in [0.25, 0.3) is 9.70 Å². The lowest BCUT2D eigenvalue weighted by Crippen LogP contribution is -2.19. The van der Waals surface area contributed by atoms with Gasteiger partial charge in [0.05, 0.1) is 17.1 Å². The summed E-state index contributed by atoms with van der Waals surface area (Å²) in [5.74, 6) is -1.98. The lowest BCUT2D eigenvalue weighted by atomic mass is 10.0. The van der Waals surface area contributed by atoms with Crippen LogP contribution in [0.5, 0.6) is 0 Å². The van der Waals surface area contributed by atoms with Gasteiger partial charge in [0, 0.05) is 40.4 Å². The van der Waals surface area contributed by atoms with E-state index in [9.17, 15) is 23.2 Å². The van der Waals surface area contributed by atoms with Crippen molar-refractivity contribution in [1.82, 2.24) is 4.57 Å². The Morgan fingerprint density at radius 3 is 2.65 bits per heavy atom. The lowest BCUT2D eigenvalue weighted by Gasteiger charge is -2.10. The number of nitrogens with one attached hydrogen (secondary N) is 1. The first-order valence-corrected chi connectivity index (χ1v) is 9.03. The average molecular weight is 493 g/mol. The number of carbonyl (C=O) groups is 3. The summed E-state index contributed by atoms with van der Waals surface area (Å²) in [7, 11) is 0. The van der Waals surface area contributed by atoms with Crippen molar-refractivity contribution in [1.29, 1.82) is 0 Å². The number of aromatic nitrogens is 1. The molecule has 26 heavy (non-hydrogen) atoms. The molecule has 1 aromatic carbocycles. The summed E-state index contributed by atoms with van der Waals surface area (Å²) in [5.41, 5.74) is 1.08. The number of carbonyl (C=O) groups excluding carboxylic acids is 3. The van der Waals surface area contributed by atoms with Crippen molar-refractivity contribution < 1.29 is 23.2 Å². The second-order valence-corrected chi connectivity index (χ2v) is 7.28. The molecule has 0 bridgehead atoms. The van der Waals surface area contributed by atoms with Crippen molar-refractivity contribution in [2.24, 2.45) is 0 Å². The van der Waals surface area contributed by atoms with Crippen LogP contribution in [0.1, 0.15) is 32.1 Å². The van der Waals surface area contributed by atoms with Crippen molar-refractivity contribution in [2.75, 3.05) is 5.32 Å². The quantitative estimate of drug-likeness (QED) is 0.305. The Balaban J connectivity index is 2.03. The Kier molecular flexibility index (Phi) is 5.16. The number of Topliss-reactive ketones (excluding diaryl/α,β-unsaturated/α-hetero) is 1. The zero-order valence-electron chi connectivity index (χ0n) is 13.4. The fraction of sp³-hybridized carbons (Fsp3) is 0.235. The SMILES string of the molecule is Cc1c(C(=O)C(=O)I)c2n(c1C(=O)Nc1ccc(F)c(Cl)c1)CC(F)C2. The second kappa shape index (κ2) is 7.07. The second-order valence-electron chi connectivity index (χ2n) is 5.89. The third-order valence-corrected chi connectivity index (χ3v) is 4.99. The van der Waals surface area contributed by atoms with Gasteiger partial charge in [0.2, 0.25) is 5.78 Å². The minimum Gasteiger partial charge on any atom is -0.337 e. The molecular weight excluding hydrogens is 481 g/mol. The highest BCUT2D eigenvalue weighted by Gasteiger charge is 2.35. The molecule has 0 fully saturated rings. The number of anilines is 1. The number of hydrogen-bond acceptors (Lipinski definition) is 3. The molecule has 1 aliphatic rings. The molecule has 1 aliphatic heterocycles. The maximum Gasteiger partial charge on any atom is 0.272 e. The van der Waals surface area contributed by atoms with Gasteiger partial charge in [-0.2, -0.15) is 0 Å². The normalized spacial score (nSPS) is 15.7. The average Bonchev–Trinajstić information content (AvgIpc) is 3.03. The summed E-state index contributed by atoms with van der Waals surface area (Å²) in [6.45, 7) is 1.46. The van der Waals surface area contributed by atoms with E-state index in [1.807, 2.05) is 0 Å². The van der Waals surface area contributed by atoms with Gasteiger partial charge in [-0.05, 0) is 30.7 Å². The number of amides is 1. The molecule has 1 N–H and O–H groups in total. The Hall–Kier alpha value is -1.81. The number of fused-ring (bicyclic) bond motifs is 1. The highest BCUT2D eigenvalue weighted by Crippen LogP contribution is 2.32. The van der Waals surface area contributed by atoms with Crippen LogP contribution in [0.2, 0.25) is 5.02 Å². The smallest absolute Gasteiger partial charge is 0.272 e. The van der Waals surface area contributed by atoms with Crippen LogP contribution < -0.4 is 5.32 Å². The molecular formula is C17H12ClF2IN2O3. The summed E-state index contributed by atoms with van der Waals surface area (Å²) in [5, 5.41) is 2.40. The standard InChI is InChI=1S/C17H12ClF2IN2O3/c1-7-13(15(24)16(21)25)12-4-8(19)6-23(12)14(7)17(26)22-9-2-3-11(20)10(18)5-9/h2-3,5,8H,4,6H2,1H3,(H,22,26). The van der Waals surface area contributed by atoms with Gasteiger partial charge in [0.1, 0.15) is 17.7 Å². The molecule has 0 radical (unpaired) electrons. The van der Waals surface area contributed by atoms with E-state index in [0.717, 1.165) is 6.07 Å². The van der Waals surface area contributed by atoms with Crippen LogP contribution in [0.4, 0.5) is 14.5 Å². The predicted molar refractivity (Wildman–Crippen MR) is 100 cm³/mol. The largest absolute Gasteiger partial charge is 0.337 e. The first-order chi connectivity index (χ1) is 12.2.